The quantitative estimate of drug-likeness (QED) is 0.570. The molecule has 1 saturated heterocycles. The molecule has 0 spiro atoms. The molecule has 6 nitrogen and oxygen atoms in total. The van der Waals surface area contributed by atoms with Gasteiger partial charge in [-0.2, -0.15) is 18.2 Å². The molecule has 2 N–H and O–H groups in total. The molecule has 172 valence electrons. The molecule has 1 amide bonds. The van der Waals surface area contributed by atoms with Crippen LogP contribution in [-0.2, 0) is 6.18 Å². The molecule has 0 unspecified atom stereocenters. The Bertz CT molecular complexity index is 1090. The highest BCUT2D eigenvalue weighted by Crippen LogP contribution is 2.29. The minimum absolute atomic E-state index is 0.0649. The first-order valence-electron chi connectivity index (χ1n) is 10.7. The van der Waals surface area contributed by atoms with Gasteiger partial charge in [0.2, 0.25) is 5.95 Å². The first kappa shape index (κ1) is 22.6. The zero-order valence-corrected chi connectivity index (χ0v) is 18.1. The number of hydrogen-bond acceptors (Lipinski definition) is 5. The number of anilines is 3. The van der Waals surface area contributed by atoms with Crippen LogP contribution in [0, 0.1) is 6.92 Å². The summed E-state index contributed by atoms with van der Waals surface area (Å²) in [4.78, 5) is 23.5. The van der Waals surface area contributed by atoms with Crippen LogP contribution < -0.4 is 15.5 Å². The predicted molar refractivity (Wildman–Crippen MR) is 121 cm³/mol. The smallest absolute Gasteiger partial charge is 0.349 e. The maximum absolute atomic E-state index is 12.7. The Morgan fingerprint density at radius 1 is 1.00 bits per heavy atom. The van der Waals surface area contributed by atoms with E-state index in [0.29, 0.717) is 37.7 Å². The summed E-state index contributed by atoms with van der Waals surface area (Å²) in [7, 11) is 0. The molecule has 0 radical (unpaired) electrons. The number of alkyl halides is 3. The van der Waals surface area contributed by atoms with Gasteiger partial charge in [0.25, 0.3) is 5.91 Å². The van der Waals surface area contributed by atoms with Gasteiger partial charge in [0.1, 0.15) is 5.82 Å². The van der Waals surface area contributed by atoms with E-state index in [1.54, 1.807) is 12.3 Å². The topological polar surface area (TPSA) is 70.2 Å². The van der Waals surface area contributed by atoms with Crippen molar-refractivity contribution in [2.24, 2.45) is 0 Å². The summed E-state index contributed by atoms with van der Waals surface area (Å²) < 4.78 is 38.1. The van der Waals surface area contributed by atoms with E-state index >= 15 is 0 Å². The number of aryl methyl sites for hydroxylation is 1. The summed E-state index contributed by atoms with van der Waals surface area (Å²) in [5, 5.41) is 6.19. The lowest BCUT2D eigenvalue weighted by molar-refractivity contribution is -0.137. The predicted octanol–water partition coefficient (Wildman–Crippen LogP) is 4.95. The normalized spacial score (nSPS) is 14.7. The number of halogens is 3. The molecule has 1 aliphatic rings. The van der Waals surface area contributed by atoms with Crippen molar-refractivity contribution in [3.63, 3.8) is 0 Å². The zero-order chi connectivity index (χ0) is 23.4. The Morgan fingerprint density at radius 2 is 1.67 bits per heavy atom. The molecule has 2 heterocycles. The number of piperidine rings is 1. The van der Waals surface area contributed by atoms with Gasteiger partial charge in [-0.25, -0.2) is 4.98 Å². The number of nitrogens with zero attached hydrogens (tertiary/aromatic N) is 3. The van der Waals surface area contributed by atoms with Crippen LogP contribution in [0.3, 0.4) is 0 Å². The van der Waals surface area contributed by atoms with E-state index in [2.05, 4.69) is 25.5 Å². The van der Waals surface area contributed by atoms with Crippen LogP contribution in [0.25, 0.3) is 0 Å². The van der Waals surface area contributed by atoms with Gasteiger partial charge in [0, 0.05) is 36.6 Å². The van der Waals surface area contributed by atoms with Crippen LogP contribution in [-0.4, -0.2) is 35.0 Å². The Hall–Kier alpha value is -3.62. The van der Waals surface area contributed by atoms with Gasteiger partial charge in [0.05, 0.1) is 5.56 Å². The molecule has 2 aromatic carbocycles. The minimum atomic E-state index is -4.42. The highest BCUT2D eigenvalue weighted by Gasteiger charge is 2.30. The monoisotopic (exact) mass is 455 g/mol. The second-order valence-corrected chi connectivity index (χ2v) is 8.04. The van der Waals surface area contributed by atoms with Crippen LogP contribution in [0.1, 0.15) is 34.3 Å². The molecule has 9 heteroatoms. The summed E-state index contributed by atoms with van der Waals surface area (Å²) in [5.41, 5.74) is 1.56. The third-order valence-electron chi connectivity index (χ3n) is 5.55. The van der Waals surface area contributed by atoms with Gasteiger partial charge >= 0.3 is 6.18 Å². The fraction of sp³-hybridized carbons (Fsp3) is 0.292. The number of carbonyl (C=O) groups excluding carboxylic acids is 1. The van der Waals surface area contributed by atoms with Crippen molar-refractivity contribution in [2.75, 3.05) is 23.3 Å². The average Bonchev–Trinajstić information content (AvgIpc) is 2.81. The minimum Gasteiger partial charge on any atom is -0.349 e. The molecule has 0 atom stereocenters. The molecule has 0 saturated carbocycles. The van der Waals surface area contributed by atoms with Gasteiger partial charge in [0.15, 0.2) is 0 Å². The maximum Gasteiger partial charge on any atom is 0.416 e. The van der Waals surface area contributed by atoms with Crippen LogP contribution in [0.2, 0.25) is 0 Å². The maximum atomic E-state index is 12.7. The molecule has 1 aromatic heterocycles. The number of hydrogen-bond donors (Lipinski definition) is 2. The molecule has 4 rings (SSSR count). The fourth-order valence-electron chi connectivity index (χ4n) is 3.66. The summed E-state index contributed by atoms with van der Waals surface area (Å²) in [6, 6.07) is 14.0. The number of nitrogens with one attached hydrogen (secondary N) is 2. The van der Waals surface area contributed by atoms with E-state index in [1.165, 1.54) is 17.7 Å². The van der Waals surface area contributed by atoms with E-state index in [4.69, 9.17) is 0 Å². The van der Waals surface area contributed by atoms with E-state index in [9.17, 15) is 18.0 Å². The van der Waals surface area contributed by atoms with E-state index in [0.717, 1.165) is 17.8 Å². The second kappa shape index (κ2) is 9.48. The average molecular weight is 455 g/mol. The summed E-state index contributed by atoms with van der Waals surface area (Å²) in [6.07, 6.45) is -1.34. The standard InChI is InChI=1S/C24H24F3N5O/c1-16-2-8-19(9-3-16)29-21-10-13-28-23(31-21)32-14-11-20(12-15-32)30-22(33)17-4-6-18(7-5-17)24(25,26)27/h2-10,13,20H,11-12,14-15H2,1H3,(H,30,33)(H,28,29,31). The first-order chi connectivity index (χ1) is 15.8. The Balaban J connectivity index is 1.31. The number of benzene rings is 2. The Labute approximate surface area is 189 Å². The summed E-state index contributed by atoms with van der Waals surface area (Å²) in [5.74, 6) is 0.934. The van der Waals surface area contributed by atoms with Crippen molar-refractivity contribution in [3.05, 3.63) is 77.5 Å². The molecule has 33 heavy (non-hydrogen) atoms. The van der Waals surface area contributed by atoms with Crippen molar-refractivity contribution < 1.29 is 18.0 Å². The highest BCUT2D eigenvalue weighted by atomic mass is 19.4. The van der Waals surface area contributed by atoms with Crippen molar-refractivity contribution in [3.8, 4) is 0 Å². The lowest BCUT2D eigenvalue weighted by Crippen LogP contribution is -2.45. The Morgan fingerprint density at radius 3 is 2.30 bits per heavy atom. The second-order valence-electron chi connectivity index (χ2n) is 8.04. The van der Waals surface area contributed by atoms with Gasteiger partial charge < -0.3 is 15.5 Å². The van der Waals surface area contributed by atoms with Crippen LogP contribution in [0.15, 0.2) is 60.8 Å². The van der Waals surface area contributed by atoms with Crippen molar-refractivity contribution in [1.29, 1.82) is 0 Å². The highest BCUT2D eigenvalue weighted by molar-refractivity contribution is 5.94. The molecule has 0 bridgehead atoms. The summed E-state index contributed by atoms with van der Waals surface area (Å²) >= 11 is 0. The lowest BCUT2D eigenvalue weighted by Gasteiger charge is -2.32. The number of amides is 1. The Kier molecular flexibility index (Phi) is 6.48. The fourth-order valence-corrected chi connectivity index (χ4v) is 3.66. The molecular formula is C24H24F3N5O. The van der Waals surface area contributed by atoms with Gasteiger partial charge in [-0.3, -0.25) is 4.79 Å². The third kappa shape index (κ3) is 5.79. The van der Waals surface area contributed by atoms with Crippen LogP contribution in [0.5, 0.6) is 0 Å². The molecule has 0 aliphatic carbocycles. The van der Waals surface area contributed by atoms with E-state index < -0.39 is 11.7 Å². The van der Waals surface area contributed by atoms with E-state index in [1.807, 2.05) is 31.2 Å². The third-order valence-corrected chi connectivity index (χ3v) is 5.55. The summed E-state index contributed by atoms with van der Waals surface area (Å²) in [6.45, 7) is 3.35. The largest absolute Gasteiger partial charge is 0.416 e. The number of carbonyl (C=O) groups is 1. The first-order valence-corrected chi connectivity index (χ1v) is 10.7. The van der Waals surface area contributed by atoms with Crippen LogP contribution in [0.4, 0.5) is 30.6 Å². The van der Waals surface area contributed by atoms with Crippen molar-refractivity contribution in [1.82, 2.24) is 15.3 Å². The molecule has 3 aromatic rings. The molecular weight excluding hydrogens is 431 g/mol. The van der Waals surface area contributed by atoms with Crippen molar-refractivity contribution >= 4 is 23.4 Å². The zero-order valence-electron chi connectivity index (χ0n) is 18.1. The lowest BCUT2D eigenvalue weighted by atomic mass is 10.0. The molecule has 1 aliphatic heterocycles. The van der Waals surface area contributed by atoms with Crippen molar-refractivity contribution in [2.45, 2.75) is 32.0 Å². The molecule has 1 fully saturated rings. The SMILES string of the molecule is Cc1ccc(Nc2ccnc(N3CCC(NC(=O)c4ccc(C(F)(F)F)cc4)CC3)n2)cc1. The van der Waals surface area contributed by atoms with Gasteiger partial charge in [-0.05, 0) is 62.2 Å². The van der Waals surface area contributed by atoms with Gasteiger partial charge in [-0.15, -0.1) is 0 Å². The van der Waals surface area contributed by atoms with Crippen LogP contribution >= 0.6 is 0 Å². The number of rotatable bonds is 5. The van der Waals surface area contributed by atoms with Gasteiger partial charge in [-0.1, -0.05) is 17.7 Å². The van der Waals surface area contributed by atoms with E-state index in [-0.39, 0.29) is 17.5 Å². The number of aromatic nitrogens is 2.